The number of amides is 1. The molecule has 142 valence electrons. The lowest BCUT2D eigenvalue weighted by molar-refractivity contribution is -0.122. The first-order valence-corrected chi connectivity index (χ1v) is 8.89. The molecule has 2 rings (SSSR count). The number of carbonyl (C=O) groups excluding carboxylic acids is 1. The van der Waals surface area contributed by atoms with E-state index in [0.29, 0.717) is 18.7 Å². The van der Waals surface area contributed by atoms with Crippen LogP contribution in [0.15, 0.2) is 24.4 Å². The molecule has 0 saturated carbocycles. The van der Waals surface area contributed by atoms with Gasteiger partial charge < -0.3 is 10.2 Å². The SMILES string of the molecule is CCN(CC)CCC(=O)N[C@H](C)c1cnn(-c2ccc(F)cc2F)c1C. The van der Waals surface area contributed by atoms with Gasteiger partial charge in [-0.15, -0.1) is 0 Å². The highest BCUT2D eigenvalue weighted by Crippen LogP contribution is 2.22. The van der Waals surface area contributed by atoms with E-state index >= 15 is 0 Å². The molecule has 1 aromatic carbocycles. The molecular formula is C19H26F2N4O. The lowest BCUT2D eigenvalue weighted by atomic mass is 10.1. The molecule has 0 unspecified atom stereocenters. The summed E-state index contributed by atoms with van der Waals surface area (Å²) in [6, 6.07) is 3.12. The Balaban J connectivity index is 2.07. The van der Waals surface area contributed by atoms with Gasteiger partial charge >= 0.3 is 0 Å². The molecule has 0 radical (unpaired) electrons. The fourth-order valence-electron chi connectivity index (χ4n) is 2.93. The Morgan fingerprint density at radius 2 is 2.00 bits per heavy atom. The molecule has 0 bridgehead atoms. The van der Waals surface area contributed by atoms with E-state index in [0.717, 1.165) is 24.7 Å². The van der Waals surface area contributed by atoms with E-state index in [1.807, 2.05) is 6.92 Å². The Hall–Kier alpha value is -2.28. The lowest BCUT2D eigenvalue weighted by Crippen LogP contribution is -2.32. The molecule has 5 nitrogen and oxygen atoms in total. The highest BCUT2D eigenvalue weighted by Gasteiger charge is 2.18. The van der Waals surface area contributed by atoms with Crippen molar-refractivity contribution in [2.45, 2.75) is 40.2 Å². The Bertz CT molecular complexity index is 756. The summed E-state index contributed by atoms with van der Waals surface area (Å²) in [4.78, 5) is 14.4. The molecule has 0 aliphatic heterocycles. The van der Waals surface area contributed by atoms with Gasteiger partial charge in [0.05, 0.1) is 12.2 Å². The number of hydrogen-bond acceptors (Lipinski definition) is 3. The number of benzene rings is 1. The number of aromatic nitrogens is 2. The zero-order chi connectivity index (χ0) is 19.3. The van der Waals surface area contributed by atoms with Crippen LogP contribution in [0.4, 0.5) is 8.78 Å². The van der Waals surface area contributed by atoms with Crippen molar-refractivity contribution in [1.82, 2.24) is 20.0 Å². The van der Waals surface area contributed by atoms with Gasteiger partial charge in [-0.25, -0.2) is 13.5 Å². The maximum atomic E-state index is 14.0. The minimum absolute atomic E-state index is 0.0375. The minimum atomic E-state index is -0.682. The molecule has 0 aliphatic carbocycles. The van der Waals surface area contributed by atoms with E-state index in [1.165, 1.54) is 16.8 Å². The van der Waals surface area contributed by atoms with Crippen LogP contribution in [0.25, 0.3) is 5.69 Å². The summed E-state index contributed by atoms with van der Waals surface area (Å²) >= 11 is 0. The first-order valence-electron chi connectivity index (χ1n) is 8.89. The van der Waals surface area contributed by atoms with Crippen LogP contribution in [-0.4, -0.2) is 40.2 Å². The van der Waals surface area contributed by atoms with Gasteiger partial charge in [-0.1, -0.05) is 13.8 Å². The molecule has 1 N–H and O–H groups in total. The van der Waals surface area contributed by atoms with Crippen LogP contribution in [-0.2, 0) is 4.79 Å². The maximum absolute atomic E-state index is 14.0. The first-order chi connectivity index (χ1) is 12.4. The third kappa shape index (κ3) is 4.66. The van der Waals surface area contributed by atoms with Crippen molar-refractivity contribution in [1.29, 1.82) is 0 Å². The van der Waals surface area contributed by atoms with Crippen molar-refractivity contribution < 1.29 is 13.6 Å². The number of nitrogens with one attached hydrogen (secondary N) is 1. The van der Waals surface area contributed by atoms with Gasteiger partial charge in [0.25, 0.3) is 0 Å². The normalized spacial score (nSPS) is 12.4. The topological polar surface area (TPSA) is 50.2 Å². The quantitative estimate of drug-likeness (QED) is 0.781. The average molecular weight is 364 g/mol. The van der Waals surface area contributed by atoms with Crippen molar-refractivity contribution in [2.24, 2.45) is 0 Å². The molecule has 0 saturated heterocycles. The van der Waals surface area contributed by atoms with Crippen molar-refractivity contribution in [3.63, 3.8) is 0 Å². The summed E-state index contributed by atoms with van der Waals surface area (Å²) in [5.74, 6) is -1.35. The van der Waals surface area contributed by atoms with Crippen molar-refractivity contribution >= 4 is 5.91 Å². The Kier molecular flexibility index (Phi) is 6.85. The summed E-state index contributed by atoms with van der Waals surface area (Å²) < 4.78 is 28.5. The molecule has 1 amide bonds. The second-order valence-electron chi connectivity index (χ2n) is 6.26. The summed E-state index contributed by atoms with van der Waals surface area (Å²) in [7, 11) is 0. The van der Waals surface area contributed by atoms with Crippen molar-refractivity contribution in [3.8, 4) is 5.69 Å². The van der Waals surface area contributed by atoms with E-state index < -0.39 is 11.6 Å². The first kappa shape index (κ1) is 20.0. The number of halogens is 2. The van der Waals surface area contributed by atoms with Gasteiger partial charge in [0.2, 0.25) is 5.91 Å². The van der Waals surface area contributed by atoms with E-state index in [4.69, 9.17) is 0 Å². The second kappa shape index (κ2) is 8.89. The van der Waals surface area contributed by atoms with Gasteiger partial charge in [0, 0.05) is 30.3 Å². The molecule has 7 heteroatoms. The van der Waals surface area contributed by atoms with E-state index in [1.54, 1.807) is 13.1 Å². The van der Waals surface area contributed by atoms with Crippen LogP contribution in [0.1, 0.15) is 44.5 Å². The highest BCUT2D eigenvalue weighted by molar-refractivity contribution is 5.76. The van der Waals surface area contributed by atoms with Gasteiger partial charge in [0.1, 0.15) is 11.5 Å². The fourth-order valence-corrected chi connectivity index (χ4v) is 2.93. The van der Waals surface area contributed by atoms with Gasteiger partial charge in [-0.3, -0.25) is 4.79 Å². The maximum Gasteiger partial charge on any atom is 0.221 e. The zero-order valence-electron chi connectivity index (χ0n) is 15.7. The van der Waals surface area contributed by atoms with Gasteiger partial charge in [0.15, 0.2) is 5.82 Å². The fraction of sp³-hybridized carbons (Fsp3) is 0.474. The highest BCUT2D eigenvalue weighted by atomic mass is 19.1. The van der Waals surface area contributed by atoms with Crippen LogP contribution in [0, 0.1) is 18.6 Å². The lowest BCUT2D eigenvalue weighted by Gasteiger charge is -2.19. The molecule has 2 aromatic rings. The number of nitrogens with zero attached hydrogens (tertiary/aromatic N) is 3. The summed E-state index contributed by atoms with van der Waals surface area (Å²) in [6.07, 6.45) is 2.03. The summed E-state index contributed by atoms with van der Waals surface area (Å²) in [5, 5.41) is 7.16. The molecule has 26 heavy (non-hydrogen) atoms. The number of hydrogen-bond donors (Lipinski definition) is 1. The predicted molar refractivity (Wildman–Crippen MR) is 97.2 cm³/mol. The molecule has 0 fully saturated rings. The largest absolute Gasteiger partial charge is 0.349 e. The van der Waals surface area contributed by atoms with Crippen molar-refractivity contribution in [3.05, 3.63) is 47.3 Å². The van der Waals surface area contributed by atoms with Crippen LogP contribution in [0.3, 0.4) is 0 Å². The number of carbonyl (C=O) groups is 1. The van der Waals surface area contributed by atoms with Crippen LogP contribution in [0.2, 0.25) is 0 Å². The predicted octanol–water partition coefficient (Wildman–Crippen LogP) is 3.37. The molecule has 0 aliphatic rings. The van der Waals surface area contributed by atoms with E-state index in [9.17, 15) is 13.6 Å². The van der Waals surface area contributed by atoms with Crippen molar-refractivity contribution in [2.75, 3.05) is 19.6 Å². The monoisotopic (exact) mass is 364 g/mol. The summed E-state index contributed by atoms with van der Waals surface area (Å²) in [6.45, 7) is 10.3. The van der Waals surface area contributed by atoms with Gasteiger partial charge in [-0.2, -0.15) is 5.10 Å². The standard InChI is InChI=1S/C19H26F2N4O/c1-5-24(6-2)10-9-19(26)23-13(3)16-12-22-25(14(16)4)18-8-7-15(20)11-17(18)21/h7-8,11-13H,5-6,9-10H2,1-4H3,(H,23,26)/t13-/m1/s1. The minimum Gasteiger partial charge on any atom is -0.349 e. The molecular weight excluding hydrogens is 338 g/mol. The Morgan fingerprint density at radius 3 is 2.62 bits per heavy atom. The van der Waals surface area contributed by atoms with Crippen LogP contribution < -0.4 is 5.32 Å². The van der Waals surface area contributed by atoms with Gasteiger partial charge in [-0.05, 0) is 39.1 Å². The third-order valence-corrected chi connectivity index (χ3v) is 4.58. The second-order valence-corrected chi connectivity index (χ2v) is 6.26. The van der Waals surface area contributed by atoms with E-state index in [2.05, 4.69) is 29.2 Å². The van der Waals surface area contributed by atoms with E-state index in [-0.39, 0.29) is 17.6 Å². The summed E-state index contributed by atoms with van der Waals surface area (Å²) in [5.41, 5.74) is 1.67. The molecule has 0 spiro atoms. The third-order valence-electron chi connectivity index (χ3n) is 4.58. The Morgan fingerprint density at radius 1 is 1.31 bits per heavy atom. The number of rotatable bonds is 8. The smallest absolute Gasteiger partial charge is 0.221 e. The zero-order valence-corrected chi connectivity index (χ0v) is 15.7. The molecule has 1 aromatic heterocycles. The molecule has 1 heterocycles. The molecule has 1 atom stereocenters. The van der Waals surface area contributed by atoms with Crippen LogP contribution >= 0.6 is 0 Å². The van der Waals surface area contributed by atoms with Crippen LogP contribution in [0.5, 0.6) is 0 Å². The Labute approximate surface area is 153 Å². The average Bonchev–Trinajstić information content (AvgIpc) is 2.97.